The lowest BCUT2D eigenvalue weighted by Crippen LogP contribution is -2.70. The molecule has 1 saturated heterocycles. The van der Waals surface area contributed by atoms with Crippen LogP contribution in [0.5, 0.6) is 0 Å². The average molecular weight is 200 g/mol. The number of hydrogen-bond donors (Lipinski definition) is 1. The van der Waals surface area contributed by atoms with E-state index >= 15 is 0 Å². The summed E-state index contributed by atoms with van der Waals surface area (Å²) < 4.78 is 0. The molecule has 0 bridgehead atoms. The Bertz CT molecular complexity index is 233. The third kappa shape index (κ3) is 1.85. The van der Waals surface area contributed by atoms with Crippen LogP contribution in [0.25, 0.3) is 0 Å². The van der Waals surface area contributed by atoms with Crippen molar-refractivity contribution < 1.29 is 9.90 Å². The van der Waals surface area contributed by atoms with Gasteiger partial charge in [0, 0.05) is 12.6 Å². The first kappa shape index (κ1) is 11.3. The van der Waals surface area contributed by atoms with Gasteiger partial charge >= 0.3 is 6.09 Å². The van der Waals surface area contributed by atoms with Crippen LogP contribution in [0.3, 0.4) is 0 Å². The molecule has 2 atom stereocenters. The molecule has 0 aromatic rings. The van der Waals surface area contributed by atoms with E-state index in [0.717, 1.165) is 0 Å². The Morgan fingerprint density at radius 1 is 1.43 bits per heavy atom. The molecule has 0 aromatic carbocycles. The van der Waals surface area contributed by atoms with Crippen LogP contribution in [-0.4, -0.2) is 53.7 Å². The zero-order chi connectivity index (χ0) is 11.1. The summed E-state index contributed by atoms with van der Waals surface area (Å²) in [5, 5.41) is 8.97. The van der Waals surface area contributed by atoms with Crippen molar-refractivity contribution in [3.63, 3.8) is 0 Å². The number of nitrogens with zero attached hydrogens (tertiary/aromatic N) is 2. The monoisotopic (exact) mass is 200 g/mol. The van der Waals surface area contributed by atoms with E-state index in [0.29, 0.717) is 12.6 Å². The van der Waals surface area contributed by atoms with Crippen molar-refractivity contribution in [3.8, 4) is 0 Å². The topological polar surface area (TPSA) is 43.8 Å². The predicted octanol–water partition coefficient (Wildman–Crippen LogP) is 1.32. The van der Waals surface area contributed by atoms with E-state index in [-0.39, 0.29) is 11.5 Å². The largest absolute Gasteiger partial charge is 0.465 e. The number of likely N-dealkylation sites (N-methyl/N-ethyl adjacent to an activating group) is 1. The van der Waals surface area contributed by atoms with Gasteiger partial charge in [0.05, 0.1) is 6.04 Å². The average Bonchev–Trinajstić information content (AvgIpc) is 1.76. The highest BCUT2D eigenvalue weighted by atomic mass is 16.4. The van der Waals surface area contributed by atoms with Crippen LogP contribution < -0.4 is 0 Å². The van der Waals surface area contributed by atoms with E-state index in [1.807, 2.05) is 14.1 Å². The fourth-order valence-corrected chi connectivity index (χ4v) is 2.17. The highest BCUT2D eigenvalue weighted by molar-refractivity contribution is 5.67. The van der Waals surface area contributed by atoms with Gasteiger partial charge in [-0.3, -0.25) is 0 Å². The first-order valence-electron chi connectivity index (χ1n) is 4.91. The fourth-order valence-electron chi connectivity index (χ4n) is 2.17. The normalized spacial score (nSPS) is 27.7. The van der Waals surface area contributed by atoms with E-state index < -0.39 is 6.09 Å². The summed E-state index contributed by atoms with van der Waals surface area (Å²) >= 11 is 0. The molecule has 0 aromatic heterocycles. The molecule has 0 spiro atoms. The highest BCUT2D eigenvalue weighted by Crippen LogP contribution is 2.35. The van der Waals surface area contributed by atoms with Crippen LogP contribution in [0.15, 0.2) is 0 Å². The standard InChI is InChI=1S/C10H20N2O2/c1-10(2,3)8-7(11(4)5)6-12(8)9(13)14/h7-8H,6H2,1-5H3,(H,13,14). The quantitative estimate of drug-likeness (QED) is 0.694. The molecular weight excluding hydrogens is 180 g/mol. The molecule has 1 fully saturated rings. The molecule has 1 aliphatic heterocycles. The summed E-state index contributed by atoms with van der Waals surface area (Å²) in [6.45, 7) is 6.89. The van der Waals surface area contributed by atoms with E-state index in [9.17, 15) is 4.79 Å². The molecule has 1 aliphatic rings. The van der Waals surface area contributed by atoms with Crippen molar-refractivity contribution in [1.82, 2.24) is 9.80 Å². The van der Waals surface area contributed by atoms with Crippen LogP contribution in [0.2, 0.25) is 0 Å². The molecule has 1 amide bonds. The van der Waals surface area contributed by atoms with E-state index in [2.05, 4.69) is 25.7 Å². The summed E-state index contributed by atoms with van der Waals surface area (Å²) in [6.07, 6.45) is -0.803. The van der Waals surface area contributed by atoms with Crippen molar-refractivity contribution in [2.75, 3.05) is 20.6 Å². The fraction of sp³-hybridized carbons (Fsp3) is 0.900. The van der Waals surface area contributed by atoms with Gasteiger partial charge in [0.15, 0.2) is 0 Å². The van der Waals surface area contributed by atoms with Gasteiger partial charge in [0.25, 0.3) is 0 Å². The SMILES string of the molecule is CN(C)C1CN(C(=O)O)C1C(C)(C)C. The second-order valence-corrected chi connectivity index (χ2v) is 5.28. The summed E-state index contributed by atoms with van der Waals surface area (Å²) in [5.41, 5.74) is 0.00553. The van der Waals surface area contributed by atoms with Crippen LogP contribution in [0.4, 0.5) is 4.79 Å². The minimum atomic E-state index is -0.803. The number of amides is 1. The van der Waals surface area contributed by atoms with Gasteiger partial charge in [0.2, 0.25) is 0 Å². The molecule has 1 rings (SSSR count). The lowest BCUT2D eigenvalue weighted by Gasteiger charge is -2.55. The van der Waals surface area contributed by atoms with Crippen LogP contribution in [0.1, 0.15) is 20.8 Å². The third-order valence-corrected chi connectivity index (χ3v) is 2.88. The van der Waals surface area contributed by atoms with Crippen molar-refractivity contribution in [1.29, 1.82) is 0 Å². The number of carbonyl (C=O) groups is 1. The second kappa shape index (κ2) is 3.42. The van der Waals surface area contributed by atoms with Crippen LogP contribution >= 0.6 is 0 Å². The van der Waals surface area contributed by atoms with Gasteiger partial charge in [-0.1, -0.05) is 20.8 Å². The molecule has 2 unspecified atom stereocenters. The zero-order valence-corrected chi connectivity index (χ0v) is 9.61. The van der Waals surface area contributed by atoms with Gasteiger partial charge in [-0.2, -0.15) is 0 Å². The Morgan fingerprint density at radius 3 is 2.21 bits per heavy atom. The molecule has 4 nitrogen and oxygen atoms in total. The second-order valence-electron chi connectivity index (χ2n) is 5.28. The minimum Gasteiger partial charge on any atom is -0.465 e. The lowest BCUT2D eigenvalue weighted by atomic mass is 9.75. The molecule has 0 saturated carbocycles. The van der Waals surface area contributed by atoms with Gasteiger partial charge in [-0.15, -0.1) is 0 Å². The molecule has 82 valence electrons. The van der Waals surface area contributed by atoms with E-state index in [1.165, 1.54) is 4.90 Å². The smallest absolute Gasteiger partial charge is 0.407 e. The Balaban J connectivity index is 2.77. The maximum absolute atomic E-state index is 10.9. The summed E-state index contributed by atoms with van der Waals surface area (Å²) in [5.74, 6) is 0. The maximum atomic E-state index is 10.9. The number of rotatable bonds is 1. The number of likely N-dealkylation sites (tertiary alicyclic amines) is 1. The predicted molar refractivity (Wildman–Crippen MR) is 55.4 cm³/mol. The number of hydrogen-bond acceptors (Lipinski definition) is 2. The maximum Gasteiger partial charge on any atom is 0.407 e. The van der Waals surface area contributed by atoms with E-state index in [1.54, 1.807) is 0 Å². The first-order chi connectivity index (χ1) is 6.25. The van der Waals surface area contributed by atoms with Crippen LogP contribution in [0, 0.1) is 5.41 Å². The Labute approximate surface area is 85.5 Å². The van der Waals surface area contributed by atoms with Crippen molar-refractivity contribution in [2.45, 2.75) is 32.9 Å². The summed E-state index contributed by atoms with van der Waals surface area (Å²) in [4.78, 5) is 14.6. The summed E-state index contributed by atoms with van der Waals surface area (Å²) in [6, 6.07) is 0.459. The zero-order valence-electron chi connectivity index (χ0n) is 9.61. The van der Waals surface area contributed by atoms with Crippen molar-refractivity contribution in [3.05, 3.63) is 0 Å². The molecule has 0 aliphatic carbocycles. The lowest BCUT2D eigenvalue weighted by molar-refractivity contribution is -0.0484. The van der Waals surface area contributed by atoms with Crippen LogP contribution in [-0.2, 0) is 0 Å². The molecular formula is C10H20N2O2. The highest BCUT2D eigenvalue weighted by Gasteiger charge is 2.49. The first-order valence-corrected chi connectivity index (χ1v) is 4.91. The Morgan fingerprint density at radius 2 is 1.93 bits per heavy atom. The van der Waals surface area contributed by atoms with Crippen molar-refractivity contribution in [2.24, 2.45) is 5.41 Å². The summed E-state index contributed by atoms with van der Waals surface area (Å²) in [7, 11) is 4.01. The third-order valence-electron chi connectivity index (χ3n) is 2.88. The van der Waals surface area contributed by atoms with Gasteiger partial charge in [-0.25, -0.2) is 4.79 Å². The Kier molecular flexibility index (Phi) is 2.76. The minimum absolute atomic E-state index is 0.00553. The molecule has 14 heavy (non-hydrogen) atoms. The molecule has 0 radical (unpaired) electrons. The molecule has 4 heteroatoms. The van der Waals surface area contributed by atoms with Crippen molar-refractivity contribution >= 4 is 6.09 Å². The molecule has 1 heterocycles. The van der Waals surface area contributed by atoms with E-state index in [4.69, 9.17) is 5.11 Å². The van der Waals surface area contributed by atoms with Gasteiger partial charge in [-0.05, 0) is 19.5 Å². The van der Waals surface area contributed by atoms with Gasteiger partial charge < -0.3 is 14.9 Å². The molecule has 1 N–H and O–H groups in total. The Hall–Kier alpha value is -0.770. The van der Waals surface area contributed by atoms with Gasteiger partial charge in [0.1, 0.15) is 0 Å². The number of carboxylic acid groups (broad SMARTS) is 1.